The minimum absolute atomic E-state index is 0.531. The van der Waals surface area contributed by atoms with Gasteiger partial charge in [-0.05, 0) is 37.5 Å². The fourth-order valence-corrected chi connectivity index (χ4v) is 3.26. The first-order valence-electron chi connectivity index (χ1n) is 5.36. The van der Waals surface area contributed by atoms with E-state index in [1.54, 1.807) is 0 Å². The van der Waals surface area contributed by atoms with Crippen molar-refractivity contribution < 1.29 is 8.42 Å². The van der Waals surface area contributed by atoms with Crippen LogP contribution in [0.4, 0.5) is 5.69 Å². The van der Waals surface area contributed by atoms with E-state index in [1.807, 2.05) is 32.0 Å². The van der Waals surface area contributed by atoms with Crippen molar-refractivity contribution in [1.29, 1.82) is 0 Å². The monoisotopic (exact) mass is 240 g/mol. The third kappa shape index (κ3) is 1.92. The van der Waals surface area contributed by atoms with E-state index in [1.165, 1.54) is 4.31 Å². The SMILES string of the molecule is Cc1cccc(N2CCCNS2(=O)=O)c1C. The zero-order chi connectivity index (χ0) is 11.8. The molecular weight excluding hydrogens is 224 g/mol. The second kappa shape index (κ2) is 4.07. The van der Waals surface area contributed by atoms with Crippen LogP contribution in [0.2, 0.25) is 0 Å². The van der Waals surface area contributed by atoms with Crippen LogP contribution in [0.1, 0.15) is 17.5 Å². The molecule has 5 heteroatoms. The van der Waals surface area contributed by atoms with Crippen LogP contribution in [0, 0.1) is 13.8 Å². The molecule has 0 unspecified atom stereocenters. The van der Waals surface area contributed by atoms with Gasteiger partial charge >= 0.3 is 10.2 Å². The average Bonchev–Trinajstić information content (AvgIpc) is 2.22. The molecule has 1 saturated heterocycles. The van der Waals surface area contributed by atoms with Crippen LogP contribution in [0.5, 0.6) is 0 Å². The smallest absolute Gasteiger partial charge is 0.258 e. The van der Waals surface area contributed by atoms with Gasteiger partial charge in [0, 0.05) is 13.1 Å². The van der Waals surface area contributed by atoms with Crippen LogP contribution >= 0.6 is 0 Å². The second-order valence-electron chi connectivity index (χ2n) is 4.04. The Hall–Kier alpha value is -1.07. The lowest BCUT2D eigenvalue weighted by Crippen LogP contribution is -2.47. The van der Waals surface area contributed by atoms with Crippen molar-refractivity contribution in [3.8, 4) is 0 Å². The molecule has 2 rings (SSSR count). The van der Waals surface area contributed by atoms with Crippen molar-refractivity contribution in [2.75, 3.05) is 17.4 Å². The number of benzene rings is 1. The summed E-state index contributed by atoms with van der Waals surface area (Å²) in [6.45, 7) is 5.03. The molecule has 88 valence electrons. The molecule has 0 bridgehead atoms. The molecule has 1 aliphatic heterocycles. The van der Waals surface area contributed by atoms with Gasteiger partial charge in [-0.2, -0.15) is 13.1 Å². The topological polar surface area (TPSA) is 49.4 Å². The highest BCUT2D eigenvalue weighted by atomic mass is 32.2. The largest absolute Gasteiger partial charge is 0.301 e. The number of aryl methyl sites for hydroxylation is 1. The van der Waals surface area contributed by atoms with Crippen molar-refractivity contribution in [3.63, 3.8) is 0 Å². The Morgan fingerprint density at radius 1 is 1.31 bits per heavy atom. The van der Waals surface area contributed by atoms with Crippen molar-refractivity contribution in [1.82, 2.24) is 4.72 Å². The van der Waals surface area contributed by atoms with E-state index in [9.17, 15) is 8.42 Å². The summed E-state index contributed by atoms with van der Waals surface area (Å²) in [4.78, 5) is 0. The Morgan fingerprint density at radius 3 is 2.75 bits per heavy atom. The molecule has 1 aromatic carbocycles. The zero-order valence-corrected chi connectivity index (χ0v) is 10.3. The normalized spacial score (nSPS) is 19.8. The summed E-state index contributed by atoms with van der Waals surface area (Å²) in [5.41, 5.74) is 2.92. The third-order valence-electron chi connectivity index (χ3n) is 2.96. The summed E-state index contributed by atoms with van der Waals surface area (Å²) in [6, 6.07) is 5.73. The maximum absolute atomic E-state index is 11.9. The first-order valence-corrected chi connectivity index (χ1v) is 6.80. The molecule has 0 aromatic heterocycles. The summed E-state index contributed by atoms with van der Waals surface area (Å²) >= 11 is 0. The van der Waals surface area contributed by atoms with Gasteiger partial charge in [-0.25, -0.2) is 0 Å². The Bertz CT molecular complexity index is 497. The summed E-state index contributed by atoms with van der Waals surface area (Å²) in [6.07, 6.45) is 0.840. The predicted molar refractivity (Wildman–Crippen MR) is 64.8 cm³/mol. The number of nitrogens with zero attached hydrogens (tertiary/aromatic N) is 1. The summed E-state index contributed by atoms with van der Waals surface area (Å²) in [5.74, 6) is 0. The van der Waals surface area contributed by atoms with Gasteiger partial charge < -0.3 is 0 Å². The highest BCUT2D eigenvalue weighted by molar-refractivity contribution is 7.90. The van der Waals surface area contributed by atoms with Gasteiger partial charge in [-0.15, -0.1) is 0 Å². The predicted octanol–water partition coefficient (Wildman–Crippen LogP) is 1.35. The van der Waals surface area contributed by atoms with Crippen LogP contribution in [0.25, 0.3) is 0 Å². The molecule has 1 aromatic rings. The van der Waals surface area contributed by atoms with Gasteiger partial charge in [0.15, 0.2) is 0 Å². The minimum Gasteiger partial charge on any atom is -0.258 e. The van der Waals surface area contributed by atoms with Crippen LogP contribution in [-0.2, 0) is 10.2 Å². The van der Waals surface area contributed by atoms with Crippen LogP contribution in [0.15, 0.2) is 18.2 Å². The lowest BCUT2D eigenvalue weighted by molar-refractivity contribution is 0.560. The number of hydrogen-bond acceptors (Lipinski definition) is 2. The van der Waals surface area contributed by atoms with Gasteiger partial charge in [0.25, 0.3) is 0 Å². The van der Waals surface area contributed by atoms with Crippen LogP contribution in [-0.4, -0.2) is 21.5 Å². The Morgan fingerprint density at radius 2 is 2.06 bits per heavy atom. The fraction of sp³-hybridized carbons (Fsp3) is 0.455. The number of anilines is 1. The molecule has 0 saturated carbocycles. The molecular formula is C11H16N2O2S. The summed E-state index contributed by atoms with van der Waals surface area (Å²) in [5, 5.41) is 0. The lowest BCUT2D eigenvalue weighted by Gasteiger charge is -2.30. The second-order valence-corrected chi connectivity index (χ2v) is 5.72. The maximum atomic E-state index is 11.9. The van der Waals surface area contributed by atoms with Gasteiger partial charge in [0.2, 0.25) is 0 Å². The summed E-state index contributed by atoms with van der Waals surface area (Å²) in [7, 11) is -3.33. The van der Waals surface area contributed by atoms with E-state index >= 15 is 0 Å². The Labute approximate surface area is 96.5 Å². The van der Waals surface area contributed by atoms with E-state index in [0.717, 1.165) is 23.2 Å². The summed E-state index contributed by atoms with van der Waals surface area (Å²) < 4.78 is 27.7. The maximum Gasteiger partial charge on any atom is 0.301 e. The first-order chi connectivity index (χ1) is 7.52. The van der Waals surface area contributed by atoms with Crippen molar-refractivity contribution in [2.24, 2.45) is 0 Å². The zero-order valence-electron chi connectivity index (χ0n) is 9.53. The molecule has 16 heavy (non-hydrogen) atoms. The molecule has 0 radical (unpaired) electrons. The Kier molecular flexibility index (Phi) is 2.90. The van der Waals surface area contributed by atoms with Gasteiger partial charge in [-0.3, -0.25) is 4.31 Å². The standard InChI is InChI=1S/C11H16N2O2S/c1-9-5-3-6-11(10(9)2)13-8-4-7-12-16(13,14)15/h3,5-6,12H,4,7-8H2,1-2H3. The highest BCUT2D eigenvalue weighted by Crippen LogP contribution is 2.25. The molecule has 0 atom stereocenters. The molecule has 0 spiro atoms. The quantitative estimate of drug-likeness (QED) is 0.805. The highest BCUT2D eigenvalue weighted by Gasteiger charge is 2.26. The van der Waals surface area contributed by atoms with E-state index < -0.39 is 10.2 Å². The molecule has 4 nitrogen and oxygen atoms in total. The molecule has 1 aliphatic rings. The lowest BCUT2D eigenvalue weighted by atomic mass is 10.1. The van der Waals surface area contributed by atoms with E-state index in [-0.39, 0.29) is 0 Å². The van der Waals surface area contributed by atoms with Crippen LogP contribution < -0.4 is 9.03 Å². The molecule has 0 amide bonds. The van der Waals surface area contributed by atoms with E-state index in [0.29, 0.717) is 13.1 Å². The first kappa shape index (κ1) is 11.4. The fourth-order valence-electron chi connectivity index (χ4n) is 1.88. The van der Waals surface area contributed by atoms with Crippen molar-refractivity contribution in [2.45, 2.75) is 20.3 Å². The van der Waals surface area contributed by atoms with Gasteiger partial charge in [0.05, 0.1) is 5.69 Å². The third-order valence-corrected chi connectivity index (χ3v) is 4.49. The minimum atomic E-state index is -3.33. The van der Waals surface area contributed by atoms with Crippen molar-refractivity contribution >= 4 is 15.9 Å². The molecule has 0 aliphatic carbocycles. The van der Waals surface area contributed by atoms with Crippen molar-refractivity contribution in [3.05, 3.63) is 29.3 Å². The van der Waals surface area contributed by atoms with Crippen LogP contribution in [0.3, 0.4) is 0 Å². The number of rotatable bonds is 1. The molecule has 1 fully saturated rings. The Balaban J connectivity index is 2.47. The van der Waals surface area contributed by atoms with E-state index in [2.05, 4.69) is 4.72 Å². The number of hydrogen-bond donors (Lipinski definition) is 1. The average molecular weight is 240 g/mol. The molecule has 1 heterocycles. The van der Waals surface area contributed by atoms with E-state index in [4.69, 9.17) is 0 Å². The van der Waals surface area contributed by atoms with Gasteiger partial charge in [0.1, 0.15) is 0 Å². The molecule has 1 N–H and O–H groups in total. The van der Waals surface area contributed by atoms with Gasteiger partial charge in [-0.1, -0.05) is 12.1 Å². The number of nitrogens with one attached hydrogen (secondary N) is 1.